The molecule has 3 heteroatoms. The molecule has 0 fully saturated rings. The summed E-state index contributed by atoms with van der Waals surface area (Å²) in [7, 11) is 3.26. The molecule has 31 heavy (non-hydrogen) atoms. The second kappa shape index (κ2) is 8.88. The third-order valence-corrected chi connectivity index (χ3v) is 5.63. The van der Waals surface area contributed by atoms with Crippen LogP contribution < -0.4 is 9.47 Å². The quantitative estimate of drug-likeness (QED) is 0.281. The van der Waals surface area contributed by atoms with E-state index in [1.807, 2.05) is 109 Å². The van der Waals surface area contributed by atoms with Crippen molar-refractivity contribution in [2.24, 2.45) is 0 Å². The van der Waals surface area contributed by atoms with Crippen molar-refractivity contribution in [2.75, 3.05) is 14.2 Å². The summed E-state index contributed by atoms with van der Waals surface area (Å²) in [6.07, 6.45) is 0. The highest BCUT2D eigenvalue weighted by Gasteiger charge is 2.44. The van der Waals surface area contributed by atoms with Crippen LogP contribution in [0.3, 0.4) is 0 Å². The average Bonchev–Trinajstić information content (AvgIpc) is 2.86. The lowest BCUT2D eigenvalue weighted by atomic mass is 9.65. The summed E-state index contributed by atoms with van der Waals surface area (Å²) < 4.78 is 10.7. The highest BCUT2D eigenvalue weighted by atomic mass is 16.5. The van der Waals surface area contributed by atoms with E-state index >= 15 is 0 Å². The monoisotopic (exact) mass is 408 g/mol. The zero-order valence-electron chi connectivity index (χ0n) is 17.6. The Labute approximate surface area is 182 Å². The average molecular weight is 408 g/mol. The van der Waals surface area contributed by atoms with Gasteiger partial charge in [-0.3, -0.25) is 4.79 Å². The van der Waals surface area contributed by atoms with Crippen molar-refractivity contribution in [2.45, 2.75) is 5.41 Å². The Kier molecular flexibility index (Phi) is 5.85. The van der Waals surface area contributed by atoms with Crippen LogP contribution in [-0.4, -0.2) is 20.0 Å². The van der Waals surface area contributed by atoms with Gasteiger partial charge in [0, 0.05) is 5.56 Å². The molecule has 0 heterocycles. The van der Waals surface area contributed by atoms with Gasteiger partial charge >= 0.3 is 0 Å². The van der Waals surface area contributed by atoms with E-state index in [2.05, 4.69) is 0 Å². The largest absolute Gasteiger partial charge is 0.497 e. The third-order valence-electron chi connectivity index (χ3n) is 5.63. The minimum absolute atomic E-state index is 0.00211. The molecule has 154 valence electrons. The maximum Gasteiger partial charge on any atom is 0.182 e. The lowest BCUT2D eigenvalue weighted by molar-refractivity contribution is 0.0935. The summed E-state index contributed by atoms with van der Waals surface area (Å²) in [5.41, 5.74) is 2.30. The van der Waals surface area contributed by atoms with Gasteiger partial charge in [0.25, 0.3) is 0 Å². The van der Waals surface area contributed by atoms with E-state index in [1.54, 1.807) is 14.2 Å². The van der Waals surface area contributed by atoms with Gasteiger partial charge in [0.2, 0.25) is 0 Å². The predicted molar refractivity (Wildman–Crippen MR) is 123 cm³/mol. The van der Waals surface area contributed by atoms with Crippen molar-refractivity contribution >= 4 is 5.78 Å². The molecule has 0 aliphatic carbocycles. The second-order valence-electron chi connectivity index (χ2n) is 7.27. The molecule has 0 bridgehead atoms. The molecule has 0 aliphatic rings. The van der Waals surface area contributed by atoms with Gasteiger partial charge in [-0.1, -0.05) is 72.8 Å². The molecule has 0 aliphatic heterocycles. The number of ketones is 1. The minimum Gasteiger partial charge on any atom is -0.497 e. The fourth-order valence-electron chi connectivity index (χ4n) is 4.07. The van der Waals surface area contributed by atoms with E-state index in [4.69, 9.17) is 9.47 Å². The zero-order valence-corrected chi connectivity index (χ0v) is 17.6. The van der Waals surface area contributed by atoms with Crippen LogP contribution in [0.1, 0.15) is 27.0 Å². The maximum absolute atomic E-state index is 14.4. The van der Waals surface area contributed by atoms with Gasteiger partial charge < -0.3 is 9.47 Å². The number of Topliss-reactive ketones (excluding diaryl/α,β-unsaturated/α-hetero) is 1. The molecule has 0 radical (unpaired) electrons. The van der Waals surface area contributed by atoms with Crippen LogP contribution >= 0.6 is 0 Å². The van der Waals surface area contributed by atoms with Crippen LogP contribution in [0, 0.1) is 0 Å². The normalized spacial score (nSPS) is 11.0. The Morgan fingerprint density at radius 3 is 1.35 bits per heavy atom. The van der Waals surface area contributed by atoms with Crippen molar-refractivity contribution in [3.63, 3.8) is 0 Å². The van der Waals surface area contributed by atoms with Crippen LogP contribution in [0.4, 0.5) is 0 Å². The van der Waals surface area contributed by atoms with Gasteiger partial charge in [0.1, 0.15) is 16.9 Å². The topological polar surface area (TPSA) is 35.5 Å². The summed E-state index contributed by atoms with van der Waals surface area (Å²) >= 11 is 0. The first kappa shape index (κ1) is 20.4. The number of hydrogen-bond acceptors (Lipinski definition) is 3. The minimum atomic E-state index is -1.01. The van der Waals surface area contributed by atoms with Crippen molar-refractivity contribution < 1.29 is 14.3 Å². The molecule has 4 aromatic carbocycles. The van der Waals surface area contributed by atoms with Gasteiger partial charge in [-0.2, -0.15) is 0 Å². The van der Waals surface area contributed by atoms with Crippen LogP contribution in [0.25, 0.3) is 0 Å². The molecule has 4 aromatic rings. The molecular formula is C28H24O3. The molecule has 0 spiro atoms. The Hall–Kier alpha value is -3.85. The van der Waals surface area contributed by atoms with Crippen molar-refractivity contribution in [3.05, 3.63) is 131 Å². The highest BCUT2D eigenvalue weighted by Crippen LogP contribution is 2.42. The first-order chi connectivity index (χ1) is 15.2. The summed E-state index contributed by atoms with van der Waals surface area (Å²) in [6, 6.07) is 34.9. The fourth-order valence-corrected chi connectivity index (χ4v) is 4.07. The number of methoxy groups -OCH3 is 2. The van der Waals surface area contributed by atoms with Crippen molar-refractivity contribution in [3.8, 4) is 11.5 Å². The Balaban J connectivity index is 2.02. The summed E-state index contributed by atoms with van der Waals surface area (Å²) in [5, 5.41) is 0. The van der Waals surface area contributed by atoms with Crippen LogP contribution in [0.15, 0.2) is 109 Å². The Morgan fingerprint density at radius 1 is 0.548 bits per heavy atom. The maximum atomic E-state index is 14.4. The van der Waals surface area contributed by atoms with Crippen molar-refractivity contribution in [1.82, 2.24) is 0 Å². The molecule has 0 saturated heterocycles. The number of carbonyl (C=O) groups excluding carboxylic acids is 1. The fraction of sp³-hybridized carbons (Fsp3) is 0.107. The number of rotatable bonds is 7. The van der Waals surface area contributed by atoms with E-state index in [0.717, 1.165) is 22.4 Å². The summed E-state index contributed by atoms with van der Waals surface area (Å²) in [4.78, 5) is 14.4. The lowest BCUT2D eigenvalue weighted by Crippen LogP contribution is -2.38. The molecule has 0 atom stereocenters. The number of ether oxygens (including phenoxy) is 2. The van der Waals surface area contributed by atoms with Gasteiger partial charge in [-0.15, -0.1) is 0 Å². The smallest absolute Gasteiger partial charge is 0.182 e. The third kappa shape index (κ3) is 3.71. The Bertz CT molecular complexity index is 1090. The second-order valence-corrected chi connectivity index (χ2v) is 7.27. The number of hydrogen-bond donors (Lipinski definition) is 0. The standard InChI is InChI=1S/C28H24O3/c1-30-25-17-13-21(14-18-25)27(29)28(22-9-5-3-6-10-22,23-11-7-4-8-12-23)24-15-19-26(31-2)20-16-24/h3-20H,1-2H3. The molecule has 3 nitrogen and oxygen atoms in total. The first-order valence-electron chi connectivity index (χ1n) is 10.1. The Morgan fingerprint density at radius 2 is 0.935 bits per heavy atom. The summed E-state index contributed by atoms with van der Waals surface area (Å²) in [5.74, 6) is 1.46. The van der Waals surface area contributed by atoms with Crippen LogP contribution in [-0.2, 0) is 5.41 Å². The summed E-state index contributed by atoms with van der Waals surface area (Å²) in [6.45, 7) is 0. The molecule has 0 aromatic heterocycles. The lowest BCUT2D eigenvalue weighted by Gasteiger charge is -2.34. The van der Waals surface area contributed by atoms with Gasteiger partial charge in [-0.25, -0.2) is 0 Å². The van der Waals surface area contributed by atoms with Crippen LogP contribution in [0.2, 0.25) is 0 Å². The molecule has 0 unspecified atom stereocenters. The molecule has 0 amide bonds. The van der Waals surface area contributed by atoms with E-state index < -0.39 is 5.41 Å². The zero-order chi connectivity index (χ0) is 21.7. The SMILES string of the molecule is COc1ccc(C(=O)C(c2ccccc2)(c2ccccc2)c2ccc(OC)cc2)cc1. The number of carbonyl (C=O) groups is 1. The van der Waals surface area contributed by atoms with Crippen molar-refractivity contribution in [1.29, 1.82) is 0 Å². The molecular weight excluding hydrogens is 384 g/mol. The molecule has 0 N–H and O–H groups in total. The molecule has 4 rings (SSSR count). The van der Waals surface area contributed by atoms with E-state index in [9.17, 15) is 4.79 Å². The van der Waals surface area contributed by atoms with Gasteiger partial charge in [0.15, 0.2) is 5.78 Å². The number of benzene rings is 4. The molecule has 0 saturated carbocycles. The predicted octanol–water partition coefficient (Wildman–Crippen LogP) is 5.92. The van der Waals surface area contributed by atoms with E-state index in [1.165, 1.54) is 0 Å². The first-order valence-corrected chi connectivity index (χ1v) is 10.1. The van der Waals surface area contributed by atoms with E-state index in [-0.39, 0.29) is 5.78 Å². The van der Waals surface area contributed by atoms with Gasteiger partial charge in [-0.05, 0) is 53.1 Å². The van der Waals surface area contributed by atoms with Crippen LogP contribution in [0.5, 0.6) is 11.5 Å². The van der Waals surface area contributed by atoms with E-state index in [0.29, 0.717) is 11.3 Å². The van der Waals surface area contributed by atoms with Gasteiger partial charge in [0.05, 0.1) is 14.2 Å². The highest BCUT2D eigenvalue weighted by molar-refractivity contribution is 6.09.